The van der Waals surface area contributed by atoms with Crippen molar-refractivity contribution in [2.45, 2.75) is 31.6 Å². The molecule has 4 heteroatoms. The van der Waals surface area contributed by atoms with Crippen molar-refractivity contribution >= 4 is 11.9 Å². The van der Waals surface area contributed by atoms with Gasteiger partial charge in [-0.3, -0.25) is 9.59 Å². The van der Waals surface area contributed by atoms with Gasteiger partial charge in [-0.25, -0.2) is 0 Å². The molecule has 0 spiro atoms. The summed E-state index contributed by atoms with van der Waals surface area (Å²) >= 11 is 0. The van der Waals surface area contributed by atoms with Gasteiger partial charge in [-0.1, -0.05) is 92.2 Å². The summed E-state index contributed by atoms with van der Waals surface area (Å²) in [6, 6.07) is 24.9. The fourth-order valence-corrected chi connectivity index (χ4v) is 5.42. The number of carbonyl (C=O) groups is 2. The number of aliphatic carboxylic acids is 2. The molecule has 3 aromatic rings. The third-order valence-electron chi connectivity index (χ3n) is 6.59. The van der Waals surface area contributed by atoms with Gasteiger partial charge in [0, 0.05) is 5.41 Å². The SMILES string of the molecule is CCCC(C(=O)O)C1(C(Cc2ccccc2)C(=O)O)c2ccccc2-c2ccccc21. The highest BCUT2D eigenvalue weighted by molar-refractivity contribution is 5.89. The number of carboxylic acid groups (broad SMARTS) is 2. The molecular weight excluding hydrogens is 388 g/mol. The molecule has 0 amide bonds. The monoisotopic (exact) mass is 414 g/mol. The van der Waals surface area contributed by atoms with Gasteiger partial charge in [-0.15, -0.1) is 0 Å². The quantitative estimate of drug-likeness (QED) is 0.518. The third kappa shape index (κ3) is 3.32. The van der Waals surface area contributed by atoms with Crippen LogP contribution in [0.2, 0.25) is 0 Å². The van der Waals surface area contributed by atoms with Crippen molar-refractivity contribution in [2.24, 2.45) is 11.8 Å². The first-order valence-corrected chi connectivity index (χ1v) is 10.7. The van der Waals surface area contributed by atoms with E-state index in [1.165, 1.54) is 0 Å². The number of rotatable bonds is 8. The predicted molar refractivity (Wildman–Crippen MR) is 120 cm³/mol. The summed E-state index contributed by atoms with van der Waals surface area (Å²) in [5, 5.41) is 20.9. The van der Waals surface area contributed by atoms with Crippen molar-refractivity contribution in [1.82, 2.24) is 0 Å². The number of hydrogen-bond donors (Lipinski definition) is 2. The standard InChI is InChI=1S/C27H26O4/c1-2-10-23(25(28)29)27(24(26(30)31)17-18-11-4-3-5-12-18)21-15-8-6-13-19(21)20-14-7-9-16-22(20)27/h3-9,11-16,23-24H,2,10,17H2,1H3,(H,28,29)(H,30,31). The molecule has 2 atom stereocenters. The van der Waals surface area contributed by atoms with Crippen molar-refractivity contribution in [3.8, 4) is 11.1 Å². The lowest BCUT2D eigenvalue weighted by molar-refractivity contribution is -0.150. The molecule has 2 N–H and O–H groups in total. The lowest BCUT2D eigenvalue weighted by Crippen LogP contribution is -2.49. The zero-order valence-electron chi connectivity index (χ0n) is 17.5. The summed E-state index contributed by atoms with van der Waals surface area (Å²) in [4.78, 5) is 25.5. The lowest BCUT2D eigenvalue weighted by Gasteiger charge is -2.42. The molecule has 1 aliphatic carbocycles. The van der Waals surface area contributed by atoms with Crippen LogP contribution in [-0.2, 0) is 21.4 Å². The Balaban J connectivity index is 2.06. The topological polar surface area (TPSA) is 74.6 Å². The average Bonchev–Trinajstić information content (AvgIpc) is 3.07. The Kier molecular flexibility index (Phi) is 5.64. The summed E-state index contributed by atoms with van der Waals surface area (Å²) in [6.45, 7) is 1.95. The van der Waals surface area contributed by atoms with E-state index in [0.29, 0.717) is 12.8 Å². The van der Waals surface area contributed by atoms with Crippen LogP contribution in [0.15, 0.2) is 78.9 Å². The number of hydrogen-bond acceptors (Lipinski definition) is 2. The van der Waals surface area contributed by atoms with Gasteiger partial charge in [-0.05, 0) is 40.7 Å². The van der Waals surface area contributed by atoms with E-state index in [0.717, 1.165) is 27.8 Å². The van der Waals surface area contributed by atoms with Gasteiger partial charge >= 0.3 is 11.9 Å². The second-order valence-electron chi connectivity index (χ2n) is 8.22. The highest BCUT2D eigenvalue weighted by Crippen LogP contribution is 2.58. The molecule has 0 bridgehead atoms. The van der Waals surface area contributed by atoms with Crippen LogP contribution in [0, 0.1) is 11.8 Å². The molecule has 1 aliphatic rings. The van der Waals surface area contributed by atoms with Crippen LogP contribution < -0.4 is 0 Å². The van der Waals surface area contributed by atoms with Crippen LogP contribution in [0.5, 0.6) is 0 Å². The van der Waals surface area contributed by atoms with E-state index in [4.69, 9.17) is 0 Å². The van der Waals surface area contributed by atoms with Crippen LogP contribution in [-0.4, -0.2) is 22.2 Å². The van der Waals surface area contributed by atoms with E-state index in [-0.39, 0.29) is 6.42 Å². The fourth-order valence-electron chi connectivity index (χ4n) is 5.42. The summed E-state index contributed by atoms with van der Waals surface area (Å²) in [5.41, 5.74) is 3.20. The summed E-state index contributed by atoms with van der Waals surface area (Å²) in [7, 11) is 0. The summed E-state index contributed by atoms with van der Waals surface area (Å²) < 4.78 is 0. The summed E-state index contributed by atoms with van der Waals surface area (Å²) in [6.07, 6.45) is 1.31. The molecule has 0 fully saturated rings. The molecule has 3 aromatic carbocycles. The molecule has 0 aliphatic heterocycles. The minimum absolute atomic E-state index is 0.256. The molecule has 0 heterocycles. The molecule has 0 radical (unpaired) electrons. The van der Waals surface area contributed by atoms with E-state index in [2.05, 4.69) is 0 Å². The average molecular weight is 415 g/mol. The second kappa shape index (κ2) is 8.38. The zero-order valence-corrected chi connectivity index (χ0v) is 17.5. The zero-order chi connectivity index (χ0) is 22.0. The van der Waals surface area contributed by atoms with Gasteiger partial charge < -0.3 is 10.2 Å². The van der Waals surface area contributed by atoms with Crippen LogP contribution >= 0.6 is 0 Å². The largest absolute Gasteiger partial charge is 0.481 e. The molecule has 0 saturated heterocycles. The van der Waals surface area contributed by atoms with E-state index in [1.807, 2.05) is 85.8 Å². The second-order valence-corrected chi connectivity index (χ2v) is 8.22. The Morgan fingerprint density at radius 2 is 1.23 bits per heavy atom. The first-order valence-electron chi connectivity index (χ1n) is 10.7. The van der Waals surface area contributed by atoms with E-state index < -0.39 is 29.2 Å². The molecule has 0 saturated carbocycles. The third-order valence-corrected chi connectivity index (χ3v) is 6.59. The van der Waals surface area contributed by atoms with Crippen molar-refractivity contribution < 1.29 is 19.8 Å². The molecule has 4 rings (SSSR count). The fraction of sp³-hybridized carbons (Fsp3) is 0.259. The van der Waals surface area contributed by atoms with Crippen molar-refractivity contribution in [3.05, 3.63) is 95.6 Å². The highest BCUT2D eigenvalue weighted by Gasteiger charge is 2.57. The number of benzene rings is 3. The minimum Gasteiger partial charge on any atom is -0.481 e. The normalized spacial score (nSPS) is 15.5. The van der Waals surface area contributed by atoms with Gasteiger partial charge in [-0.2, -0.15) is 0 Å². The lowest BCUT2D eigenvalue weighted by atomic mass is 9.58. The van der Waals surface area contributed by atoms with E-state index in [9.17, 15) is 19.8 Å². The molecule has 31 heavy (non-hydrogen) atoms. The van der Waals surface area contributed by atoms with Gasteiger partial charge in [0.15, 0.2) is 0 Å². The van der Waals surface area contributed by atoms with Gasteiger partial charge in [0.2, 0.25) is 0 Å². The minimum atomic E-state index is -1.16. The summed E-state index contributed by atoms with van der Waals surface area (Å²) in [5.74, 6) is -3.70. The molecule has 158 valence electrons. The molecule has 4 nitrogen and oxygen atoms in total. The van der Waals surface area contributed by atoms with E-state index in [1.54, 1.807) is 0 Å². The molecule has 0 aromatic heterocycles. The van der Waals surface area contributed by atoms with Crippen LogP contribution in [0.4, 0.5) is 0 Å². The van der Waals surface area contributed by atoms with Gasteiger partial charge in [0.05, 0.1) is 11.8 Å². The van der Waals surface area contributed by atoms with Crippen molar-refractivity contribution in [3.63, 3.8) is 0 Å². The number of carboxylic acids is 2. The Bertz CT molecular complexity index is 1060. The van der Waals surface area contributed by atoms with Crippen LogP contribution in [0.1, 0.15) is 36.5 Å². The molecule has 2 unspecified atom stereocenters. The van der Waals surface area contributed by atoms with E-state index >= 15 is 0 Å². The van der Waals surface area contributed by atoms with Crippen LogP contribution in [0.25, 0.3) is 11.1 Å². The first kappa shape index (κ1) is 20.9. The Labute approximate surface area is 182 Å². The maximum atomic E-state index is 12.9. The highest BCUT2D eigenvalue weighted by atomic mass is 16.4. The van der Waals surface area contributed by atoms with Gasteiger partial charge in [0.1, 0.15) is 0 Å². The van der Waals surface area contributed by atoms with Crippen molar-refractivity contribution in [1.29, 1.82) is 0 Å². The maximum Gasteiger partial charge on any atom is 0.308 e. The Morgan fingerprint density at radius 1 is 0.742 bits per heavy atom. The number of fused-ring (bicyclic) bond motifs is 3. The molecular formula is C27H26O4. The first-order chi connectivity index (χ1) is 15.0. The maximum absolute atomic E-state index is 12.9. The Hall–Kier alpha value is -3.40. The smallest absolute Gasteiger partial charge is 0.308 e. The predicted octanol–water partition coefficient (Wildman–Crippen LogP) is 5.40. The Morgan fingerprint density at radius 3 is 1.71 bits per heavy atom. The van der Waals surface area contributed by atoms with Crippen LogP contribution in [0.3, 0.4) is 0 Å². The van der Waals surface area contributed by atoms with Crippen molar-refractivity contribution in [2.75, 3.05) is 0 Å². The van der Waals surface area contributed by atoms with Gasteiger partial charge in [0.25, 0.3) is 0 Å².